The van der Waals surface area contributed by atoms with Crippen LogP contribution in [-0.4, -0.2) is 26.6 Å². The molecule has 0 radical (unpaired) electrons. The molecular weight excluding hydrogens is 224 g/mol. The lowest BCUT2D eigenvalue weighted by Gasteiger charge is -2.18. The number of carboxylic acids is 1. The highest BCUT2D eigenvalue weighted by Gasteiger charge is 2.26. The van der Waals surface area contributed by atoms with E-state index in [1.54, 1.807) is 25.6 Å². The fourth-order valence-electron chi connectivity index (χ4n) is 1.24. The summed E-state index contributed by atoms with van der Waals surface area (Å²) in [5, 5.41) is 14.3. The van der Waals surface area contributed by atoms with Gasteiger partial charge in [-0.3, -0.25) is 9.48 Å². The van der Waals surface area contributed by atoms with Crippen LogP contribution in [0.15, 0.2) is 11.1 Å². The van der Waals surface area contributed by atoms with Gasteiger partial charge in [0, 0.05) is 12.8 Å². The van der Waals surface area contributed by atoms with Gasteiger partial charge in [0.2, 0.25) is 0 Å². The zero-order valence-corrected chi connectivity index (χ0v) is 11.0. The lowest BCUT2D eigenvalue weighted by atomic mass is 9.91. The molecule has 4 nitrogen and oxygen atoms in total. The second-order valence-corrected chi connectivity index (χ2v) is 5.65. The standard InChI is InChI=1S/C11H18N2O2S/c1-8-7-9(13(4)12-8)16-6-5-11(2,3)10(14)15/h7H,5-6H2,1-4H3,(H,14,15). The van der Waals surface area contributed by atoms with Gasteiger partial charge in [0.1, 0.15) is 0 Å². The predicted molar refractivity (Wildman–Crippen MR) is 64.7 cm³/mol. The number of carbonyl (C=O) groups is 1. The lowest BCUT2D eigenvalue weighted by molar-refractivity contribution is -0.146. The highest BCUT2D eigenvalue weighted by molar-refractivity contribution is 7.99. The molecule has 0 aliphatic heterocycles. The van der Waals surface area contributed by atoms with Crippen LogP contribution < -0.4 is 0 Å². The van der Waals surface area contributed by atoms with E-state index in [-0.39, 0.29) is 0 Å². The fourth-order valence-corrected chi connectivity index (χ4v) is 2.54. The molecule has 0 amide bonds. The monoisotopic (exact) mass is 242 g/mol. The van der Waals surface area contributed by atoms with Crippen LogP contribution in [0.3, 0.4) is 0 Å². The summed E-state index contributed by atoms with van der Waals surface area (Å²) in [6.07, 6.45) is 0.650. The van der Waals surface area contributed by atoms with E-state index in [9.17, 15) is 4.79 Å². The number of aliphatic carboxylic acids is 1. The van der Waals surface area contributed by atoms with Crippen molar-refractivity contribution < 1.29 is 9.90 Å². The number of carboxylic acid groups (broad SMARTS) is 1. The minimum Gasteiger partial charge on any atom is -0.481 e. The Bertz CT molecular complexity index is 385. The Kier molecular flexibility index (Phi) is 4.02. The molecule has 0 aliphatic carbocycles. The Labute approximate surface area is 100 Å². The van der Waals surface area contributed by atoms with Crippen LogP contribution in [0.1, 0.15) is 26.0 Å². The molecule has 0 atom stereocenters. The number of hydrogen-bond acceptors (Lipinski definition) is 3. The molecule has 0 saturated heterocycles. The summed E-state index contributed by atoms with van der Waals surface area (Å²) in [7, 11) is 1.90. The number of thioether (sulfide) groups is 1. The van der Waals surface area contributed by atoms with Crippen LogP contribution in [0.25, 0.3) is 0 Å². The van der Waals surface area contributed by atoms with Crippen molar-refractivity contribution in [3.05, 3.63) is 11.8 Å². The van der Waals surface area contributed by atoms with E-state index in [1.807, 2.05) is 24.7 Å². The summed E-state index contributed by atoms with van der Waals surface area (Å²) in [6.45, 7) is 5.46. The van der Waals surface area contributed by atoms with Crippen LogP contribution in [0, 0.1) is 12.3 Å². The van der Waals surface area contributed by atoms with Crippen LogP contribution in [-0.2, 0) is 11.8 Å². The van der Waals surface area contributed by atoms with Crippen LogP contribution in [0.2, 0.25) is 0 Å². The molecule has 0 fully saturated rings. The van der Waals surface area contributed by atoms with E-state index in [1.165, 1.54) is 0 Å². The molecule has 5 heteroatoms. The van der Waals surface area contributed by atoms with Crippen LogP contribution in [0.5, 0.6) is 0 Å². The quantitative estimate of drug-likeness (QED) is 0.805. The summed E-state index contributed by atoms with van der Waals surface area (Å²) in [5.41, 5.74) is 0.336. The molecule has 1 aromatic heterocycles. The van der Waals surface area contributed by atoms with Crippen molar-refractivity contribution in [2.45, 2.75) is 32.2 Å². The van der Waals surface area contributed by atoms with Crippen molar-refractivity contribution in [2.75, 3.05) is 5.75 Å². The first kappa shape index (κ1) is 13.1. The molecule has 1 N–H and O–H groups in total. The number of nitrogens with zero attached hydrogens (tertiary/aromatic N) is 2. The predicted octanol–water partition coefficient (Wildman–Crippen LogP) is 2.32. The Hall–Kier alpha value is -0.970. The van der Waals surface area contributed by atoms with E-state index in [4.69, 9.17) is 5.11 Å². The Morgan fingerprint density at radius 1 is 1.62 bits per heavy atom. The lowest BCUT2D eigenvalue weighted by Crippen LogP contribution is -2.24. The van der Waals surface area contributed by atoms with E-state index < -0.39 is 11.4 Å². The van der Waals surface area contributed by atoms with E-state index in [2.05, 4.69) is 5.10 Å². The Balaban J connectivity index is 2.48. The van der Waals surface area contributed by atoms with Gasteiger partial charge in [-0.25, -0.2) is 0 Å². The van der Waals surface area contributed by atoms with Gasteiger partial charge in [0.25, 0.3) is 0 Å². The molecule has 1 aromatic rings. The van der Waals surface area contributed by atoms with Crippen LogP contribution in [0.4, 0.5) is 0 Å². The van der Waals surface area contributed by atoms with Crippen molar-refractivity contribution in [2.24, 2.45) is 12.5 Å². The molecule has 1 rings (SSSR count). The second kappa shape index (κ2) is 4.91. The summed E-state index contributed by atoms with van der Waals surface area (Å²) in [4.78, 5) is 10.9. The van der Waals surface area contributed by atoms with E-state index in [0.29, 0.717) is 6.42 Å². The van der Waals surface area contributed by atoms with Gasteiger partial charge >= 0.3 is 5.97 Å². The molecular formula is C11H18N2O2S. The molecule has 0 aliphatic rings. The molecule has 0 unspecified atom stereocenters. The maximum atomic E-state index is 10.9. The zero-order chi connectivity index (χ0) is 12.3. The summed E-state index contributed by atoms with van der Waals surface area (Å²) < 4.78 is 1.83. The second-order valence-electron chi connectivity index (χ2n) is 4.54. The molecule has 0 saturated carbocycles. The Morgan fingerprint density at radius 2 is 2.25 bits per heavy atom. The van der Waals surface area contributed by atoms with Gasteiger partial charge in [-0.05, 0) is 33.3 Å². The SMILES string of the molecule is Cc1cc(SCCC(C)(C)C(=O)O)n(C)n1. The third-order valence-electron chi connectivity index (χ3n) is 2.52. The average molecular weight is 242 g/mol. The van der Waals surface area contributed by atoms with Gasteiger partial charge in [0.05, 0.1) is 16.1 Å². The maximum Gasteiger partial charge on any atom is 0.309 e. The third kappa shape index (κ3) is 3.27. The fraction of sp³-hybridized carbons (Fsp3) is 0.636. The number of aryl methyl sites for hydroxylation is 2. The molecule has 16 heavy (non-hydrogen) atoms. The minimum absolute atomic E-state index is 0.650. The van der Waals surface area contributed by atoms with Crippen molar-refractivity contribution in [3.63, 3.8) is 0 Å². The summed E-state index contributed by atoms with van der Waals surface area (Å²) in [6, 6.07) is 2.01. The van der Waals surface area contributed by atoms with Crippen LogP contribution >= 0.6 is 11.8 Å². The summed E-state index contributed by atoms with van der Waals surface area (Å²) >= 11 is 1.65. The first-order valence-electron chi connectivity index (χ1n) is 5.20. The van der Waals surface area contributed by atoms with Gasteiger partial charge in [0.15, 0.2) is 0 Å². The first-order valence-corrected chi connectivity index (χ1v) is 6.18. The zero-order valence-electron chi connectivity index (χ0n) is 10.1. The number of rotatable bonds is 5. The van der Waals surface area contributed by atoms with Gasteiger partial charge in [-0.1, -0.05) is 0 Å². The van der Waals surface area contributed by atoms with Crippen molar-refractivity contribution in [3.8, 4) is 0 Å². The topological polar surface area (TPSA) is 55.1 Å². The third-order valence-corrected chi connectivity index (χ3v) is 3.60. The minimum atomic E-state index is -0.741. The smallest absolute Gasteiger partial charge is 0.309 e. The largest absolute Gasteiger partial charge is 0.481 e. The Morgan fingerprint density at radius 3 is 2.69 bits per heavy atom. The number of aromatic nitrogens is 2. The molecule has 0 spiro atoms. The summed E-state index contributed by atoms with van der Waals surface area (Å²) in [5.74, 6) is 0.0486. The van der Waals surface area contributed by atoms with Gasteiger partial charge in [-0.2, -0.15) is 5.10 Å². The van der Waals surface area contributed by atoms with Gasteiger partial charge < -0.3 is 5.11 Å². The normalized spacial score (nSPS) is 11.8. The van der Waals surface area contributed by atoms with Crippen molar-refractivity contribution >= 4 is 17.7 Å². The molecule has 90 valence electrons. The molecule has 0 bridgehead atoms. The number of hydrogen-bond donors (Lipinski definition) is 1. The van der Waals surface area contributed by atoms with E-state index >= 15 is 0 Å². The van der Waals surface area contributed by atoms with Crippen molar-refractivity contribution in [1.82, 2.24) is 9.78 Å². The first-order chi connectivity index (χ1) is 7.33. The average Bonchev–Trinajstić information content (AvgIpc) is 2.44. The highest BCUT2D eigenvalue weighted by Crippen LogP contribution is 2.26. The van der Waals surface area contributed by atoms with Gasteiger partial charge in [-0.15, -0.1) is 11.8 Å². The van der Waals surface area contributed by atoms with Crippen molar-refractivity contribution in [1.29, 1.82) is 0 Å². The van der Waals surface area contributed by atoms with E-state index in [0.717, 1.165) is 16.5 Å². The molecule has 0 aromatic carbocycles. The molecule has 1 heterocycles. The maximum absolute atomic E-state index is 10.9. The highest BCUT2D eigenvalue weighted by atomic mass is 32.2.